The fourth-order valence-electron chi connectivity index (χ4n) is 3.94. The van der Waals surface area contributed by atoms with Crippen molar-refractivity contribution in [3.63, 3.8) is 0 Å². The number of nitrogens with one attached hydrogen (secondary N) is 1. The van der Waals surface area contributed by atoms with E-state index in [1.807, 2.05) is 29.6 Å². The molecule has 0 fully saturated rings. The van der Waals surface area contributed by atoms with Crippen LogP contribution in [0.4, 0.5) is 13.2 Å². The van der Waals surface area contributed by atoms with Gasteiger partial charge in [0.2, 0.25) is 0 Å². The van der Waals surface area contributed by atoms with Crippen molar-refractivity contribution >= 4 is 38.2 Å². The molecule has 0 aliphatic heterocycles. The van der Waals surface area contributed by atoms with Gasteiger partial charge in [0.1, 0.15) is 5.56 Å². The predicted octanol–water partition coefficient (Wildman–Crippen LogP) is 6.15. The van der Waals surface area contributed by atoms with E-state index in [0.717, 1.165) is 32.3 Å². The third kappa shape index (κ3) is 3.97. The number of rotatable bonds is 4. The average molecular weight is 478 g/mol. The Morgan fingerprint density at radius 2 is 1.71 bits per heavy atom. The third-order valence-corrected chi connectivity index (χ3v) is 6.60. The minimum Gasteiger partial charge on any atom is -0.348 e. The van der Waals surface area contributed by atoms with Crippen LogP contribution in [-0.2, 0) is 12.7 Å². The zero-order valence-corrected chi connectivity index (χ0v) is 18.4. The maximum Gasteiger partial charge on any atom is 0.416 e. The molecular weight excluding hydrogens is 461 g/mol. The summed E-state index contributed by atoms with van der Waals surface area (Å²) >= 11 is 1.56. The largest absolute Gasteiger partial charge is 0.416 e. The van der Waals surface area contributed by atoms with E-state index in [4.69, 9.17) is 0 Å². The molecule has 1 N–H and O–H groups in total. The first-order chi connectivity index (χ1) is 16.3. The first-order valence-electron chi connectivity index (χ1n) is 10.4. The van der Waals surface area contributed by atoms with Crippen molar-refractivity contribution < 1.29 is 18.0 Å². The Labute approximate surface area is 195 Å². The molecule has 0 atom stereocenters. The van der Waals surface area contributed by atoms with Crippen molar-refractivity contribution in [3.05, 3.63) is 111 Å². The normalized spacial score (nSPS) is 11.7. The summed E-state index contributed by atoms with van der Waals surface area (Å²) in [5.41, 5.74) is -0.337. The third-order valence-electron chi connectivity index (χ3n) is 5.59. The van der Waals surface area contributed by atoms with Crippen molar-refractivity contribution in [1.82, 2.24) is 9.88 Å². The van der Waals surface area contributed by atoms with Gasteiger partial charge in [-0.05, 0) is 58.1 Å². The van der Waals surface area contributed by atoms with Crippen LogP contribution >= 0.6 is 11.3 Å². The molecule has 3 aromatic carbocycles. The summed E-state index contributed by atoms with van der Waals surface area (Å²) in [5.74, 6) is -0.591. The molecule has 34 heavy (non-hydrogen) atoms. The first-order valence-corrected chi connectivity index (χ1v) is 11.3. The maximum absolute atomic E-state index is 13.4. The number of thiophene rings is 1. The molecule has 0 saturated heterocycles. The number of fused-ring (bicyclic) bond motifs is 2. The Hall–Kier alpha value is -3.91. The van der Waals surface area contributed by atoms with Crippen LogP contribution in [0.5, 0.6) is 0 Å². The maximum atomic E-state index is 13.4. The highest BCUT2D eigenvalue weighted by atomic mass is 32.1. The Bertz CT molecular complexity index is 1600. The van der Waals surface area contributed by atoms with Gasteiger partial charge in [0.05, 0.1) is 11.1 Å². The number of pyridine rings is 1. The molecule has 0 bridgehead atoms. The molecule has 5 rings (SSSR count). The van der Waals surface area contributed by atoms with Crippen molar-refractivity contribution in [2.75, 3.05) is 0 Å². The van der Waals surface area contributed by atoms with Crippen LogP contribution in [0.3, 0.4) is 0 Å². The molecule has 2 aromatic heterocycles. The van der Waals surface area contributed by atoms with Gasteiger partial charge in [-0.1, -0.05) is 42.5 Å². The molecule has 1 amide bonds. The molecule has 0 radical (unpaired) electrons. The molecule has 8 heteroatoms. The number of halogens is 3. The van der Waals surface area contributed by atoms with Crippen LogP contribution in [-0.4, -0.2) is 10.5 Å². The minimum atomic E-state index is -4.56. The summed E-state index contributed by atoms with van der Waals surface area (Å²) in [6.45, 7) is 0.221. The van der Waals surface area contributed by atoms with Crippen LogP contribution in [0, 0.1) is 0 Å². The molecule has 0 aliphatic rings. The number of carbonyl (C=O) groups is 1. The SMILES string of the molecule is O=C(NCc1csc2ccccc12)c1cc2ccccc2n(-c2cccc(C(F)(F)F)c2)c1=O. The first kappa shape index (κ1) is 21.9. The summed E-state index contributed by atoms with van der Waals surface area (Å²) in [6.07, 6.45) is -4.56. The summed E-state index contributed by atoms with van der Waals surface area (Å²) < 4.78 is 42.1. The quantitative estimate of drug-likeness (QED) is 0.337. The molecular formula is C26H17F3N2O2S. The van der Waals surface area contributed by atoms with E-state index in [1.54, 1.807) is 35.6 Å². The Morgan fingerprint density at radius 1 is 0.941 bits per heavy atom. The van der Waals surface area contributed by atoms with Gasteiger partial charge in [-0.3, -0.25) is 14.2 Å². The topological polar surface area (TPSA) is 51.1 Å². The summed E-state index contributed by atoms with van der Waals surface area (Å²) in [7, 11) is 0. The van der Waals surface area contributed by atoms with E-state index in [-0.39, 0.29) is 17.8 Å². The zero-order valence-electron chi connectivity index (χ0n) is 17.6. The lowest BCUT2D eigenvalue weighted by atomic mass is 10.1. The van der Waals surface area contributed by atoms with Crippen LogP contribution in [0.1, 0.15) is 21.5 Å². The van der Waals surface area contributed by atoms with Crippen LogP contribution in [0.25, 0.3) is 26.7 Å². The lowest BCUT2D eigenvalue weighted by molar-refractivity contribution is -0.137. The van der Waals surface area contributed by atoms with Crippen molar-refractivity contribution in [2.24, 2.45) is 0 Å². The van der Waals surface area contributed by atoms with Gasteiger partial charge in [-0.25, -0.2) is 0 Å². The zero-order chi connectivity index (χ0) is 23.9. The van der Waals surface area contributed by atoms with Gasteiger partial charge in [0, 0.05) is 16.9 Å². The van der Waals surface area contributed by atoms with Crippen LogP contribution < -0.4 is 10.9 Å². The Kier molecular flexibility index (Phi) is 5.45. The van der Waals surface area contributed by atoms with Crippen LogP contribution in [0.2, 0.25) is 0 Å². The molecule has 0 unspecified atom stereocenters. The number of para-hydroxylation sites is 1. The number of nitrogens with zero attached hydrogens (tertiary/aromatic N) is 1. The van der Waals surface area contributed by atoms with E-state index in [2.05, 4.69) is 5.32 Å². The molecule has 0 aliphatic carbocycles. The van der Waals surface area contributed by atoms with Gasteiger partial charge < -0.3 is 5.32 Å². The highest BCUT2D eigenvalue weighted by Gasteiger charge is 2.31. The summed E-state index contributed by atoms with van der Waals surface area (Å²) in [6, 6.07) is 20.6. The Balaban J connectivity index is 1.57. The van der Waals surface area contributed by atoms with Gasteiger partial charge in [0.15, 0.2) is 0 Å². The highest BCUT2D eigenvalue weighted by Crippen LogP contribution is 2.31. The smallest absolute Gasteiger partial charge is 0.348 e. The highest BCUT2D eigenvalue weighted by molar-refractivity contribution is 7.17. The molecule has 5 aromatic rings. The van der Waals surface area contributed by atoms with Gasteiger partial charge in [0.25, 0.3) is 11.5 Å². The Morgan fingerprint density at radius 3 is 2.53 bits per heavy atom. The fourth-order valence-corrected chi connectivity index (χ4v) is 4.90. The van der Waals surface area contributed by atoms with E-state index < -0.39 is 23.2 Å². The number of benzene rings is 3. The lowest BCUT2D eigenvalue weighted by Gasteiger charge is -2.15. The number of amides is 1. The summed E-state index contributed by atoms with van der Waals surface area (Å²) in [5, 5.41) is 6.32. The summed E-state index contributed by atoms with van der Waals surface area (Å²) in [4.78, 5) is 26.4. The molecule has 0 spiro atoms. The van der Waals surface area contributed by atoms with E-state index in [9.17, 15) is 22.8 Å². The number of alkyl halides is 3. The number of aromatic nitrogens is 1. The number of hydrogen-bond acceptors (Lipinski definition) is 3. The number of hydrogen-bond donors (Lipinski definition) is 1. The lowest BCUT2D eigenvalue weighted by Crippen LogP contribution is -2.32. The molecule has 4 nitrogen and oxygen atoms in total. The number of carbonyl (C=O) groups excluding carboxylic acids is 1. The molecule has 0 saturated carbocycles. The monoisotopic (exact) mass is 478 g/mol. The second kappa shape index (κ2) is 8.46. The predicted molar refractivity (Wildman–Crippen MR) is 128 cm³/mol. The standard InChI is InChI=1S/C26H17F3N2O2S/c27-26(28,29)18-7-5-8-19(13-18)31-22-10-3-1-6-16(22)12-21(25(31)33)24(32)30-14-17-15-34-23-11-4-2-9-20(17)23/h1-13,15H,14H2,(H,30,32). The molecule has 2 heterocycles. The van der Waals surface area contributed by atoms with Gasteiger partial charge in [-0.2, -0.15) is 13.2 Å². The van der Waals surface area contributed by atoms with Gasteiger partial charge >= 0.3 is 6.18 Å². The molecule has 170 valence electrons. The van der Waals surface area contributed by atoms with Crippen LogP contribution in [0.15, 0.2) is 89.0 Å². The van der Waals surface area contributed by atoms with Crippen molar-refractivity contribution in [3.8, 4) is 5.69 Å². The van der Waals surface area contributed by atoms with Gasteiger partial charge in [-0.15, -0.1) is 11.3 Å². The van der Waals surface area contributed by atoms with E-state index in [0.29, 0.717) is 10.9 Å². The van der Waals surface area contributed by atoms with E-state index >= 15 is 0 Å². The van der Waals surface area contributed by atoms with E-state index in [1.165, 1.54) is 18.2 Å². The average Bonchev–Trinajstić information content (AvgIpc) is 3.25. The van der Waals surface area contributed by atoms with Crippen molar-refractivity contribution in [1.29, 1.82) is 0 Å². The second-order valence-electron chi connectivity index (χ2n) is 7.75. The fraction of sp³-hybridized carbons (Fsp3) is 0.0769. The minimum absolute atomic E-state index is 0.0366. The second-order valence-corrected chi connectivity index (χ2v) is 8.66. The van der Waals surface area contributed by atoms with Crippen molar-refractivity contribution in [2.45, 2.75) is 12.7 Å².